The number of carbonyl (C=O) groups is 1. The average molecular weight is 267 g/mol. The van der Waals surface area contributed by atoms with Crippen LogP contribution >= 0.6 is 11.6 Å². The Morgan fingerprint density at radius 1 is 1.44 bits per heavy atom. The fourth-order valence-electron chi connectivity index (χ4n) is 1.37. The van der Waals surface area contributed by atoms with E-state index >= 15 is 0 Å². The summed E-state index contributed by atoms with van der Waals surface area (Å²) in [5.74, 6) is 0.990. The molecular weight excluding hydrogens is 256 g/mol. The van der Waals surface area contributed by atoms with Crippen molar-refractivity contribution in [1.82, 2.24) is 30.3 Å². The number of aryl methyl sites for hydroxylation is 1. The maximum absolute atomic E-state index is 12.0. The number of rotatable bonds is 3. The van der Waals surface area contributed by atoms with Gasteiger partial charge in [-0.3, -0.25) is 9.89 Å². The van der Waals surface area contributed by atoms with E-state index in [1.165, 1.54) is 17.0 Å². The topological polar surface area (TPSA) is 87.7 Å². The summed E-state index contributed by atoms with van der Waals surface area (Å²) < 4.78 is 0. The smallest absolute Gasteiger partial charge is 0.274 e. The molecule has 2 rings (SSSR count). The monoisotopic (exact) mass is 266 g/mol. The van der Waals surface area contributed by atoms with Crippen LogP contribution in [0.2, 0.25) is 5.15 Å². The molecule has 0 aliphatic heterocycles. The Hall–Kier alpha value is -2.02. The summed E-state index contributed by atoms with van der Waals surface area (Å²) in [4.78, 5) is 17.6. The number of amides is 1. The lowest BCUT2D eigenvalue weighted by Gasteiger charge is -2.13. The SMILES string of the molecule is Cc1nc(CN(C)C(=O)c2ccc(Cl)nn2)n[nH]1. The van der Waals surface area contributed by atoms with E-state index in [-0.39, 0.29) is 16.8 Å². The standard InChI is InChI=1S/C10H11ClN6O/c1-6-12-9(16-13-6)5-17(2)10(18)7-3-4-8(11)15-14-7/h3-4H,5H2,1-2H3,(H,12,13,16). The van der Waals surface area contributed by atoms with E-state index in [1.54, 1.807) is 14.0 Å². The minimum atomic E-state index is -0.262. The van der Waals surface area contributed by atoms with Gasteiger partial charge in [-0.15, -0.1) is 10.2 Å². The summed E-state index contributed by atoms with van der Waals surface area (Å²) in [6.07, 6.45) is 0. The van der Waals surface area contributed by atoms with Gasteiger partial charge in [-0.05, 0) is 19.1 Å². The molecule has 0 spiro atoms. The second-order valence-electron chi connectivity index (χ2n) is 3.74. The number of hydrogen-bond donors (Lipinski definition) is 1. The van der Waals surface area contributed by atoms with Gasteiger partial charge in [0, 0.05) is 7.05 Å². The predicted octanol–water partition coefficient (Wildman–Crippen LogP) is 0.829. The van der Waals surface area contributed by atoms with E-state index in [9.17, 15) is 4.79 Å². The van der Waals surface area contributed by atoms with Gasteiger partial charge in [0.25, 0.3) is 5.91 Å². The van der Waals surface area contributed by atoms with Gasteiger partial charge in [-0.25, -0.2) is 4.98 Å². The molecule has 18 heavy (non-hydrogen) atoms. The molecule has 0 saturated heterocycles. The molecule has 0 aromatic carbocycles. The Kier molecular flexibility index (Phi) is 3.52. The zero-order chi connectivity index (χ0) is 13.1. The third-order valence-electron chi connectivity index (χ3n) is 2.22. The molecule has 0 bridgehead atoms. The van der Waals surface area contributed by atoms with Crippen molar-refractivity contribution in [2.45, 2.75) is 13.5 Å². The van der Waals surface area contributed by atoms with Crippen molar-refractivity contribution in [3.8, 4) is 0 Å². The molecule has 0 fully saturated rings. The number of carbonyl (C=O) groups excluding carboxylic acids is 1. The first-order valence-corrected chi connectivity index (χ1v) is 5.56. The van der Waals surface area contributed by atoms with Gasteiger partial charge in [0.1, 0.15) is 5.82 Å². The minimum absolute atomic E-state index is 0.231. The minimum Gasteiger partial charge on any atom is -0.333 e. The number of aromatic amines is 1. The fraction of sp³-hybridized carbons (Fsp3) is 0.300. The molecule has 0 aliphatic carbocycles. The second kappa shape index (κ2) is 5.09. The summed E-state index contributed by atoms with van der Waals surface area (Å²) >= 11 is 5.61. The van der Waals surface area contributed by atoms with Gasteiger partial charge in [-0.1, -0.05) is 11.6 Å². The van der Waals surface area contributed by atoms with Crippen LogP contribution in [0.5, 0.6) is 0 Å². The highest BCUT2D eigenvalue weighted by molar-refractivity contribution is 6.29. The van der Waals surface area contributed by atoms with Crippen LogP contribution in [-0.4, -0.2) is 43.2 Å². The zero-order valence-corrected chi connectivity index (χ0v) is 10.6. The number of halogens is 1. The molecule has 2 aromatic rings. The van der Waals surface area contributed by atoms with E-state index in [0.29, 0.717) is 18.2 Å². The molecule has 0 aliphatic rings. The molecular formula is C10H11ClN6O. The van der Waals surface area contributed by atoms with Gasteiger partial charge in [0.15, 0.2) is 16.7 Å². The van der Waals surface area contributed by atoms with Crippen LogP contribution in [0.1, 0.15) is 22.1 Å². The first-order valence-electron chi connectivity index (χ1n) is 5.19. The van der Waals surface area contributed by atoms with E-state index in [2.05, 4.69) is 25.4 Å². The first kappa shape index (κ1) is 12.4. The van der Waals surface area contributed by atoms with E-state index in [1.807, 2.05) is 0 Å². The molecule has 8 heteroatoms. The van der Waals surface area contributed by atoms with Crippen molar-refractivity contribution in [3.05, 3.63) is 34.6 Å². The third kappa shape index (κ3) is 2.80. The first-order chi connectivity index (χ1) is 8.56. The summed E-state index contributed by atoms with van der Waals surface area (Å²) in [7, 11) is 1.64. The summed E-state index contributed by atoms with van der Waals surface area (Å²) in [5.41, 5.74) is 0.231. The number of nitrogens with zero attached hydrogens (tertiary/aromatic N) is 5. The maximum atomic E-state index is 12.0. The van der Waals surface area contributed by atoms with Gasteiger partial charge in [0.2, 0.25) is 0 Å². The van der Waals surface area contributed by atoms with Crippen LogP contribution in [0.3, 0.4) is 0 Å². The van der Waals surface area contributed by atoms with E-state index < -0.39 is 0 Å². The number of H-pyrrole nitrogens is 1. The van der Waals surface area contributed by atoms with Gasteiger partial charge < -0.3 is 4.90 Å². The van der Waals surface area contributed by atoms with Crippen molar-refractivity contribution >= 4 is 17.5 Å². The van der Waals surface area contributed by atoms with Gasteiger partial charge >= 0.3 is 0 Å². The Balaban J connectivity index is 2.07. The zero-order valence-electron chi connectivity index (χ0n) is 9.88. The predicted molar refractivity (Wildman–Crippen MR) is 64.0 cm³/mol. The Morgan fingerprint density at radius 3 is 2.78 bits per heavy atom. The molecule has 94 valence electrons. The lowest BCUT2D eigenvalue weighted by atomic mass is 10.3. The molecule has 0 radical (unpaired) electrons. The molecule has 0 unspecified atom stereocenters. The Labute approximate surface area is 108 Å². The van der Waals surface area contributed by atoms with E-state index in [0.717, 1.165) is 0 Å². The molecule has 0 atom stereocenters. The second-order valence-corrected chi connectivity index (χ2v) is 4.13. The fourth-order valence-corrected chi connectivity index (χ4v) is 1.47. The summed E-state index contributed by atoms with van der Waals surface area (Å²) in [6, 6.07) is 3.05. The van der Waals surface area contributed by atoms with Crippen LogP contribution in [0.15, 0.2) is 12.1 Å². The van der Waals surface area contributed by atoms with Gasteiger partial charge in [-0.2, -0.15) is 5.10 Å². The Bertz CT molecular complexity index is 552. The van der Waals surface area contributed by atoms with Crippen molar-refractivity contribution in [2.75, 3.05) is 7.05 Å². The van der Waals surface area contributed by atoms with Crippen LogP contribution < -0.4 is 0 Å². The molecule has 2 heterocycles. The van der Waals surface area contributed by atoms with Crippen LogP contribution in [0, 0.1) is 6.92 Å². The third-order valence-corrected chi connectivity index (χ3v) is 2.42. The molecule has 1 N–H and O–H groups in total. The molecule has 2 aromatic heterocycles. The largest absolute Gasteiger partial charge is 0.333 e. The average Bonchev–Trinajstić information content (AvgIpc) is 2.75. The van der Waals surface area contributed by atoms with Crippen molar-refractivity contribution in [1.29, 1.82) is 0 Å². The van der Waals surface area contributed by atoms with Crippen LogP contribution in [0.25, 0.3) is 0 Å². The quantitative estimate of drug-likeness (QED) is 0.889. The van der Waals surface area contributed by atoms with Crippen molar-refractivity contribution in [3.63, 3.8) is 0 Å². The number of nitrogens with one attached hydrogen (secondary N) is 1. The van der Waals surface area contributed by atoms with E-state index in [4.69, 9.17) is 11.6 Å². The van der Waals surface area contributed by atoms with Crippen molar-refractivity contribution < 1.29 is 4.79 Å². The summed E-state index contributed by atoms with van der Waals surface area (Å²) in [5, 5.41) is 14.3. The number of aromatic nitrogens is 5. The highest BCUT2D eigenvalue weighted by Crippen LogP contribution is 2.06. The van der Waals surface area contributed by atoms with Gasteiger partial charge in [0.05, 0.1) is 6.54 Å². The molecule has 1 amide bonds. The summed E-state index contributed by atoms with van der Waals surface area (Å²) in [6.45, 7) is 2.09. The highest BCUT2D eigenvalue weighted by atomic mass is 35.5. The lowest BCUT2D eigenvalue weighted by molar-refractivity contribution is 0.0774. The highest BCUT2D eigenvalue weighted by Gasteiger charge is 2.15. The van der Waals surface area contributed by atoms with Crippen molar-refractivity contribution in [2.24, 2.45) is 0 Å². The van der Waals surface area contributed by atoms with Crippen LogP contribution in [-0.2, 0) is 6.54 Å². The maximum Gasteiger partial charge on any atom is 0.274 e. The lowest BCUT2D eigenvalue weighted by Crippen LogP contribution is -2.27. The number of hydrogen-bond acceptors (Lipinski definition) is 5. The Morgan fingerprint density at radius 2 is 2.22 bits per heavy atom. The normalized spacial score (nSPS) is 10.4. The molecule has 7 nitrogen and oxygen atoms in total. The van der Waals surface area contributed by atoms with Crippen LogP contribution in [0.4, 0.5) is 0 Å². The molecule has 0 saturated carbocycles.